The van der Waals surface area contributed by atoms with Crippen molar-refractivity contribution in [2.75, 3.05) is 6.61 Å². The van der Waals surface area contributed by atoms with Gasteiger partial charge < -0.3 is 4.74 Å². The number of esters is 1. The molecule has 0 aliphatic carbocycles. The van der Waals surface area contributed by atoms with Gasteiger partial charge in [-0.3, -0.25) is 0 Å². The van der Waals surface area contributed by atoms with Crippen LogP contribution in [-0.4, -0.2) is 12.6 Å². The number of carbonyl (C=O) groups excluding carboxylic acids is 1. The molecule has 2 nitrogen and oxygen atoms in total. The third-order valence-electron chi connectivity index (χ3n) is 1.08. The van der Waals surface area contributed by atoms with Crippen molar-refractivity contribution in [2.45, 2.75) is 6.42 Å². The second-order valence-electron chi connectivity index (χ2n) is 2.06. The van der Waals surface area contributed by atoms with E-state index in [-0.39, 0.29) is 6.61 Å². The van der Waals surface area contributed by atoms with E-state index in [9.17, 15) is 9.18 Å². The monoisotopic (exact) mass is 170 g/mol. The minimum absolute atomic E-state index is 0.0640. The lowest BCUT2D eigenvalue weighted by Gasteiger charge is -2.01. The zero-order valence-electron chi connectivity index (χ0n) is 6.75. The highest BCUT2D eigenvalue weighted by Gasteiger charge is 2.04. The Labute approximate surface area is 71.0 Å². The largest absolute Gasteiger partial charge is 0.458 e. The minimum Gasteiger partial charge on any atom is -0.458 e. The van der Waals surface area contributed by atoms with E-state index < -0.39 is 5.97 Å². The summed E-state index contributed by atoms with van der Waals surface area (Å²) >= 11 is 0. The molecule has 0 saturated heterocycles. The highest BCUT2D eigenvalue weighted by Crippen LogP contribution is 2.00. The lowest BCUT2D eigenvalue weighted by atomic mass is 10.2. The molecule has 0 heterocycles. The van der Waals surface area contributed by atoms with Crippen LogP contribution in [0.25, 0.3) is 0 Å². The van der Waals surface area contributed by atoms with E-state index in [4.69, 9.17) is 0 Å². The Morgan fingerprint density at radius 3 is 2.75 bits per heavy atom. The Morgan fingerprint density at radius 1 is 1.58 bits per heavy atom. The lowest BCUT2D eigenvalue weighted by Crippen LogP contribution is -2.06. The topological polar surface area (TPSA) is 26.3 Å². The Bertz CT molecular complexity index is 207. The van der Waals surface area contributed by atoms with Gasteiger partial charge in [-0.1, -0.05) is 12.7 Å². The number of halogens is 1. The maximum Gasteiger partial charge on any atom is 0.334 e. The van der Waals surface area contributed by atoms with Gasteiger partial charge in [0.2, 0.25) is 0 Å². The summed E-state index contributed by atoms with van der Waals surface area (Å²) in [5.41, 5.74) is 0.317. The second-order valence-corrected chi connectivity index (χ2v) is 2.06. The molecule has 0 bridgehead atoms. The van der Waals surface area contributed by atoms with Gasteiger partial charge in [0.15, 0.2) is 0 Å². The number of hydrogen-bond acceptors (Lipinski definition) is 2. The van der Waals surface area contributed by atoms with Crippen LogP contribution in [0.5, 0.6) is 0 Å². The molecule has 3 heteroatoms. The first-order valence-corrected chi connectivity index (χ1v) is 3.43. The third kappa shape index (κ3) is 4.44. The van der Waals surface area contributed by atoms with Gasteiger partial charge in [0.25, 0.3) is 0 Å². The normalized spacial score (nSPS) is 9.75. The van der Waals surface area contributed by atoms with Crippen LogP contribution in [0.15, 0.2) is 37.2 Å². The van der Waals surface area contributed by atoms with Crippen LogP contribution in [0.2, 0.25) is 0 Å². The lowest BCUT2D eigenvalue weighted by molar-refractivity contribution is -0.137. The summed E-state index contributed by atoms with van der Waals surface area (Å²) in [5.74, 6) is -0.520. The second kappa shape index (κ2) is 6.34. The minimum atomic E-state index is -0.520. The van der Waals surface area contributed by atoms with Crippen molar-refractivity contribution in [3.63, 3.8) is 0 Å². The fourth-order valence-electron chi connectivity index (χ4n) is 0.520. The third-order valence-corrected chi connectivity index (χ3v) is 1.08. The fourth-order valence-corrected chi connectivity index (χ4v) is 0.520. The molecule has 0 rings (SSSR count). The fraction of sp³-hybridized carbons (Fsp3) is 0.222. The summed E-state index contributed by atoms with van der Waals surface area (Å²) in [6, 6.07) is 0. The van der Waals surface area contributed by atoms with Crippen LogP contribution in [0.4, 0.5) is 4.39 Å². The van der Waals surface area contributed by atoms with Crippen LogP contribution >= 0.6 is 0 Å². The highest BCUT2D eigenvalue weighted by molar-refractivity contribution is 5.87. The van der Waals surface area contributed by atoms with E-state index in [0.717, 1.165) is 6.08 Å². The Balaban J connectivity index is 3.71. The van der Waals surface area contributed by atoms with Crippen molar-refractivity contribution in [3.05, 3.63) is 37.2 Å². The molecule has 0 amide bonds. The number of rotatable bonds is 5. The van der Waals surface area contributed by atoms with Gasteiger partial charge in [0.05, 0.1) is 6.33 Å². The molecule has 0 aliphatic rings. The zero-order chi connectivity index (χ0) is 9.40. The molecular weight excluding hydrogens is 159 g/mol. The van der Waals surface area contributed by atoms with E-state index >= 15 is 0 Å². The Morgan fingerprint density at radius 2 is 2.25 bits per heavy atom. The average molecular weight is 170 g/mol. The summed E-state index contributed by atoms with van der Waals surface area (Å²) in [7, 11) is 0. The van der Waals surface area contributed by atoms with E-state index in [2.05, 4.69) is 17.9 Å². The molecule has 12 heavy (non-hydrogen) atoms. The van der Waals surface area contributed by atoms with E-state index in [1.54, 1.807) is 6.08 Å². The molecule has 66 valence electrons. The molecule has 0 N–H and O–H groups in total. The van der Waals surface area contributed by atoms with Gasteiger partial charge in [-0.05, 0) is 12.5 Å². The first-order chi connectivity index (χ1) is 5.72. The zero-order valence-corrected chi connectivity index (χ0v) is 6.75. The van der Waals surface area contributed by atoms with E-state index in [0.29, 0.717) is 18.3 Å². The number of carbonyl (C=O) groups is 1. The molecule has 0 aromatic heterocycles. The van der Waals surface area contributed by atoms with Crippen molar-refractivity contribution >= 4 is 5.97 Å². The summed E-state index contributed by atoms with van der Waals surface area (Å²) in [4.78, 5) is 10.9. The van der Waals surface area contributed by atoms with Crippen molar-refractivity contribution in [3.8, 4) is 0 Å². The molecule has 0 fully saturated rings. The highest BCUT2D eigenvalue weighted by atomic mass is 19.1. The molecule has 0 radical (unpaired) electrons. The van der Waals surface area contributed by atoms with Crippen LogP contribution in [0, 0.1) is 0 Å². The van der Waals surface area contributed by atoms with Crippen LogP contribution in [0.3, 0.4) is 0 Å². The molecular formula is C9H11FO2. The van der Waals surface area contributed by atoms with E-state index in [1.165, 1.54) is 0 Å². The molecule has 0 atom stereocenters. The van der Waals surface area contributed by atoms with Crippen molar-refractivity contribution in [1.29, 1.82) is 0 Å². The number of ether oxygens (including phenoxy) is 1. The van der Waals surface area contributed by atoms with Crippen molar-refractivity contribution in [2.24, 2.45) is 0 Å². The molecule has 0 aliphatic heterocycles. The summed E-state index contributed by atoms with van der Waals surface area (Å²) in [6.07, 6.45) is 3.36. The predicted octanol–water partition coefficient (Wildman–Crippen LogP) is 2.15. The van der Waals surface area contributed by atoms with Gasteiger partial charge >= 0.3 is 5.97 Å². The summed E-state index contributed by atoms with van der Waals surface area (Å²) in [5, 5.41) is 0. The van der Waals surface area contributed by atoms with Crippen molar-refractivity contribution in [1.82, 2.24) is 0 Å². The average Bonchev–Trinajstić information content (AvgIpc) is 2.05. The van der Waals surface area contributed by atoms with Crippen molar-refractivity contribution < 1.29 is 13.9 Å². The quantitative estimate of drug-likeness (QED) is 0.359. The summed E-state index contributed by atoms with van der Waals surface area (Å²) in [6.45, 7) is 6.83. The Kier molecular flexibility index (Phi) is 5.61. The number of hydrogen-bond donors (Lipinski definition) is 0. The molecule has 0 spiro atoms. The van der Waals surface area contributed by atoms with Gasteiger partial charge in [-0.25, -0.2) is 9.18 Å². The first kappa shape index (κ1) is 10.6. The first-order valence-electron chi connectivity index (χ1n) is 3.43. The van der Waals surface area contributed by atoms with Crippen LogP contribution in [0.1, 0.15) is 6.42 Å². The molecule has 0 aromatic carbocycles. The SMILES string of the molecule is C=CCC(=C)C(=O)OCC=CF. The van der Waals surface area contributed by atoms with Gasteiger partial charge in [0, 0.05) is 5.57 Å². The Hall–Kier alpha value is -1.38. The smallest absolute Gasteiger partial charge is 0.334 e. The van der Waals surface area contributed by atoms with Gasteiger partial charge in [-0.15, -0.1) is 6.58 Å². The predicted molar refractivity (Wildman–Crippen MR) is 45.2 cm³/mol. The number of allylic oxidation sites excluding steroid dienone is 1. The molecule has 0 unspecified atom stereocenters. The standard InChI is InChI=1S/C9H11FO2/c1-3-5-8(2)9(11)12-7-4-6-10/h3-4,6H,1-2,5,7H2. The molecule has 0 aromatic rings. The maximum absolute atomic E-state index is 11.4. The molecule has 0 saturated carbocycles. The van der Waals surface area contributed by atoms with Crippen LogP contribution in [-0.2, 0) is 9.53 Å². The maximum atomic E-state index is 11.4. The summed E-state index contributed by atoms with van der Waals surface area (Å²) < 4.78 is 16.0. The van der Waals surface area contributed by atoms with Gasteiger partial charge in [-0.2, -0.15) is 0 Å². The van der Waals surface area contributed by atoms with Gasteiger partial charge in [0.1, 0.15) is 6.61 Å². The van der Waals surface area contributed by atoms with E-state index in [1.807, 2.05) is 0 Å². The van der Waals surface area contributed by atoms with Crippen LogP contribution < -0.4 is 0 Å².